The molecule has 2 aromatic heterocycles. The Labute approximate surface area is 120 Å². The molecule has 0 radical (unpaired) electrons. The molecule has 0 saturated carbocycles. The van der Waals surface area contributed by atoms with E-state index >= 15 is 0 Å². The summed E-state index contributed by atoms with van der Waals surface area (Å²) in [6.45, 7) is 6.48. The van der Waals surface area contributed by atoms with Crippen LogP contribution in [-0.2, 0) is 0 Å². The molecule has 0 spiro atoms. The standard InChI is InChI=1S/C15H23N5/c1-11(2)13-9-14-15(16-6-8-20(14)18-13)17-10-12-5-4-7-19(12)3/h6,8-9,11-12H,4-5,7,10H2,1-3H3,(H,16,17). The highest BCUT2D eigenvalue weighted by Crippen LogP contribution is 2.21. The first-order chi connectivity index (χ1) is 9.65. The molecule has 0 amide bonds. The number of anilines is 1. The highest BCUT2D eigenvalue weighted by Gasteiger charge is 2.20. The van der Waals surface area contributed by atoms with E-state index in [1.54, 1.807) is 0 Å². The molecule has 1 atom stereocenters. The first kappa shape index (κ1) is 13.4. The number of hydrogen-bond acceptors (Lipinski definition) is 4. The minimum absolute atomic E-state index is 0.434. The van der Waals surface area contributed by atoms with E-state index in [-0.39, 0.29) is 0 Å². The number of rotatable bonds is 4. The number of hydrogen-bond donors (Lipinski definition) is 1. The second-order valence-electron chi connectivity index (χ2n) is 5.99. The summed E-state index contributed by atoms with van der Waals surface area (Å²) in [5.41, 5.74) is 2.18. The average Bonchev–Trinajstić information content (AvgIpc) is 3.02. The van der Waals surface area contributed by atoms with Crippen LogP contribution in [0.15, 0.2) is 18.5 Å². The van der Waals surface area contributed by atoms with Crippen LogP contribution in [-0.4, -0.2) is 45.7 Å². The molecule has 0 aromatic carbocycles. The smallest absolute Gasteiger partial charge is 0.152 e. The fourth-order valence-electron chi connectivity index (χ4n) is 2.81. The van der Waals surface area contributed by atoms with Crippen molar-refractivity contribution in [2.75, 3.05) is 25.5 Å². The molecule has 0 aliphatic carbocycles. The molecule has 3 heterocycles. The van der Waals surface area contributed by atoms with Gasteiger partial charge in [-0.05, 0) is 38.4 Å². The van der Waals surface area contributed by atoms with Crippen molar-refractivity contribution >= 4 is 11.3 Å². The maximum Gasteiger partial charge on any atom is 0.152 e. The van der Waals surface area contributed by atoms with Gasteiger partial charge in [-0.15, -0.1) is 0 Å². The van der Waals surface area contributed by atoms with Gasteiger partial charge in [-0.1, -0.05) is 13.8 Å². The van der Waals surface area contributed by atoms with Gasteiger partial charge in [0.2, 0.25) is 0 Å². The molecule has 5 nitrogen and oxygen atoms in total. The Morgan fingerprint density at radius 3 is 3.00 bits per heavy atom. The van der Waals surface area contributed by atoms with Crippen LogP contribution in [0.25, 0.3) is 5.52 Å². The third kappa shape index (κ3) is 2.50. The minimum Gasteiger partial charge on any atom is -0.367 e. The lowest BCUT2D eigenvalue weighted by atomic mass is 10.1. The molecule has 20 heavy (non-hydrogen) atoms. The van der Waals surface area contributed by atoms with Crippen LogP contribution in [0.3, 0.4) is 0 Å². The third-order valence-electron chi connectivity index (χ3n) is 4.18. The molecule has 1 saturated heterocycles. The van der Waals surface area contributed by atoms with Gasteiger partial charge in [0.1, 0.15) is 5.52 Å². The van der Waals surface area contributed by atoms with Gasteiger partial charge in [0.05, 0.1) is 5.69 Å². The summed E-state index contributed by atoms with van der Waals surface area (Å²) in [6.07, 6.45) is 6.28. The van der Waals surface area contributed by atoms with E-state index in [1.807, 2.05) is 16.9 Å². The predicted molar refractivity (Wildman–Crippen MR) is 81.2 cm³/mol. The van der Waals surface area contributed by atoms with Crippen molar-refractivity contribution in [2.45, 2.75) is 38.6 Å². The van der Waals surface area contributed by atoms with Crippen LogP contribution in [0, 0.1) is 0 Å². The number of nitrogens with one attached hydrogen (secondary N) is 1. The van der Waals surface area contributed by atoms with E-state index in [2.05, 4.69) is 47.3 Å². The predicted octanol–water partition coefficient (Wildman–Crippen LogP) is 2.36. The van der Waals surface area contributed by atoms with Crippen molar-refractivity contribution in [1.29, 1.82) is 0 Å². The largest absolute Gasteiger partial charge is 0.367 e. The zero-order valence-electron chi connectivity index (χ0n) is 12.5. The maximum atomic E-state index is 4.59. The van der Waals surface area contributed by atoms with Gasteiger partial charge >= 0.3 is 0 Å². The van der Waals surface area contributed by atoms with Gasteiger partial charge in [-0.25, -0.2) is 9.50 Å². The summed E-state index contributed by atoms with van der Waals surface area (Å²) in [4.78, 5) is 6.89. The molecule has 1 aliphatic heterocycles. The van der Waals surface area contributed by atoms with E-state index in [0.717, 1.165) is 23.6 Å². The maximum absolute atomic E-state index is 4.59. The molecule has 1 unspecified atom stereocenters. The van der Waals surface area contributed by atoms with Gasteiger partial charge in [0.15, 0.2) is 5.82 Å². The Hall–Kier alpha value is -1.62. The summed E-state index contributed by atoms with van der Waals surface area (Å²) >= 11 is 0. The van der Waals surface area contributed by atoms with Crippen molar-refractivity contribution in [3.05, 3.63) is 24.2 Å². The second kappa shape index (κ2) is 5.40. The van der Waals surface area contributed by atoms with Gasteiger partial charge in [0, 0.05) is 25.0 Å². The minimum atomic E-state index is 0.434. The van der Waals surface area contributed by atoms with Crippen molar-refractivity contribution in [2.24, 2.45) is 0 Å². The van der Waals surface area contributed by atoms with Gasteiger partial charge in [0.25, 0.3) is 0 Å². The normalized spacial score (nSPS) is 20.1. The van der Waals surface area contributed by atoms with E-state index in [9.17, 15) is 0 Å². The van der Waals surface area contributed by atoms with E-state index in [1.165, 1.54) is 19.4 Å². The van der Waals surface area contributed by atoms with Crippen LogP contribution in [0.4, 0.5) is 5.82 Å². The van der Waals surface area contributed by atoms with Crippen molar-refractivity contribution in [1.82, 2.24) is 19.5 Å². The number of likely N-dealkylation sites (tertiary alicyclic amines) is 1. The molecule has 5 heteroatoms. The van der Waals surface area contributed by atoms with Gasteiger partial charge in [-0.3, -0.25) is 0 Å². The summed E-state index contributed by atoms with van der Waals surface area (Å²) < 4.78 is 1.92. The number of fused-ring (bicyclic) bond motifs is 1. The molecule has 2 aromatic rings. The number of aromatic nitrogens is 3. The topological polar surface area (TPSA) is 45.5 Å². The quantitative estimate of drug-likeness (QED) is 0.929. The SMILES string of the molecule is CC(C)c1cc2c(NCC3CCCN3C)nccn2n1. The average molecular weight is 273 g/mol. The fraction of sp³-hybridized carbons (Fsp3) is 0.600. The summed E-state index contributed by atoms with van der Waals surface area (Å²) in [5, 5.41) is 8.09. The molecule has 3 rings (SSSR count). The van der Waals surface area contributed by atoms with Gasteiger partial charge < -0.3 is 10.2 Å². The van der Waals surface area contributed by atoms with Crippen LogP contribution in [0.1, 0.15) is 38.3 Å². The highest BCUT2D eigenvalue weighted by atomic mass is 15.2. The Kier molecular flexibility index (Phi) is 3.61. The van der Waals surface area contributed by atoms with E-state index in [0.29, 0.717) is 12.0 Å². The van der Waals surface area contributed by atoms with Crippen molar-refractivity contribution in [3.63, 3.8) is 0 Å². The van der Waals surface area contributed by atoms with Crippen LogP contribution in [0.5, 0.6) is 0 Å². The molecular formula is C15H23N5. The zero-order chi connectivity index (χ0) is 14.1. The lowest BCUT2D eigenvalue weighted by molar-refractivity contribution is 0.322. The molecule has 1 N–H and O–H groups in total. The lowest BCUT2D eigenvalue weighted by Gasteiger charge is -2.20. The second-order valence-corrected chi connectivity index (χ2v) is 5.99. The summed E-state index contributed by atoms with van der Waals surface area (Å²) in [6, 6.07) is 2.75. The molecular weight excluding hydrogens is 250 g/mol. The number of likely N-dealkylation sites (N-methyl/N-ethyl adjacent to an activating group) is 1. The lowest BCUT2D eigenvalue weighted by Crippen LogP contribution is -2.31. The number of nitrogens with zero attached hydrogens (tertiary/aromatic N) is 4. The fourth-order valence-corrected chi connectivity index (χ4v) is 2.81. The van der Waals surface area contributed by atoms with Crippen molar-refractivity contribution in [3.8, 4) is 0 Å². The Morgan fingerprint density at radius 2 is 2.30 bits per heavy atom. The Morgan fingerprint density at radius 1 is 1.45 bits per heavy atom. The molecule has 108 valence electrons. The van der Waals surface area contributed by atoms with E-state index < -0.39 is 0 Å². The van der Waals surface area contributed by atoms with Crippen molar-refractivity contribution < 1.29 is 0 Å². The van der Waals surface area contributed by atoms with E-state index in [4.69, 9.17) is 0 Å². The van der Waals surface area contributed by atoms with Crippen LogP contribution in [0.2, 0.25) is 0 Å². The first-order valence-corrected chi connectivity index (χ1v) is 7.43. The Balaban J connectivity index is 1.80. The Bertz CT molecular complexity index is 589. The summed E-state index contributed by atoms with van der Waals surface area (Å²) in [7, 11) is 2.20. The molecule has 1 fully saturated rings. The third-order valence-corrected chi connectivity index (χ3v) is 4.18. The van der Waals surface area contributed by atoms with Gasteiger partial charge in [-0.2, -0.15) is 5.10 Å². The highest BCUT2D eigenvalue weighted by molar-refractivity contribution is 5.67. The summed E-state index contributed by atoms with van der Waals surface area (Å²) in [5.74, 6) is 1.37. The molecule has 0 bridgehead atoms. The van der Waals surface area contributed by atoms with Crippen LogP contribution < -0.4 is 5.32 Å². The monoisotopic (exact) mass is 273 g/mol. The molecule has 1 aliphatic rings. The zero-order valence-corrected chi connectivity index (χ0v) is 12.5. The first-order valence-electron chi connectivity index (χ1n) is 7.43. The van der Waals surface area contributed by atoms with Crippen LogP contribution >= 0.6 is 0 Å².